The normalized spacial score (nSPS) is 14.5. The second kappa shape index (κ2) is 14.5. The van der Waals surface area contributed by atoms with Crippen molar-refractivity contribution in [3.05, 3.63) is 24.7 Å². The molecule has 0 rings (SSSR count). The number of hydrogen-bond acceptors (Lipinski definition) is 7. The van der Waals surface area contributed by atoms with Crippen molar-refractivity contribution >= 4 is 17.6 Å². The molecule has 0 heterocycles. The van der Waals surface area contributed by atoms with E-state index in [1.54, 1.807) is 0 Å². The van der Waals surface area contributed by atoms with Gasteiger partial charge < -0.3 is 31.3 Å². The summed E-state index contributed by atoms with van der Waals surface area (Å²) in [5.74, 6) is 0.965. The summed E-state index contributed by atoms with van der Waals surface area (Å²) in [6.45, 7) is 26.5. The zero-order valence-corrected chi connectivity index (χ0v) is 21.7. The highest BCUT2D eigenvalue weighted by molar-refractivity contribution is 6.63. The molecule has 0 aliphatic rings. The predicted molar refractivity (Wildman–Crippen MR) is 119 cm³/mol. The molecule has 0 amide bonds. The summed E-state index contributed by atoms with van der Waals surface area (Å²) >= 11 is 0. The largest absolute Gasteiger partial charge is 0.511 e. The lowest BCUT2D eigenvalue weighted by molar-refractivity contribution is 0.0554. The Bertz CT molecular complexity index is 411. The molecule has 0 bridgehead atoms. The zero-order valence-electron chi connectivity index (χ0n) is 19.7. The standard InChI is InChI=1S/C20H42O7Si2/c1-11-21-28(22-12-2,23-13-3)19(9)17(7)27-18(8)20(10)29(24-14-4,25-15-5)26-16-6/h19-20H,7-8,11-16H2,1-6,9-10H3. The van der Waals surface area contributed by atoms with Crippen LogP contribution in [0.3, 0.4) is 0 Å². The zero-order chi connectivity index (χ0) is 22.5. The lowest BCUT2D eigenvalue weighted by Gasteiger charge is -2.36. The summed E-state index contributed by atoms with van der Waals surface area (Å²) in [4.78, 5) is 0. The van der Waals surface area contributed by atoms with Crippen molar-refractivity contribution in [3.8, 4) is 0 Å². The topological polar surface area (TPSA) is 64.6 Å². The van der Waals surface area contributed by atoms with Crippen LogP contribution in [-0.2, 0) is 31.3 Å². The van der Waals surface area contributed by atoms with Crippen LogP contribution in [0, 0.1) is 0 Å². The average Bonchev–Trinajstić information content (AvgIpc) is 2.67. The molecule has 0 aromatic rings. The first-order valence-corrected chi connectivity index (χ1v) is 14.2. The van der Waals surface area contributed by atoms with E-state index in [9.17, 15) is 0 Å². The minimum atomic E-state index is -3.00. The second-order valence-corrected chi connectivity index (χ2v) is 12.2. The van der Waals surface area contributed by atoms with Gasteiger partial charge in [0.15, 0.2) is 0 Å². The van der Waals surface area contributed by atoms with Crippen molar-refractivity contribution in [2.75, 3.05) is 39.6 Å². The molecule has 0 aliphatic heterocycles. The monoisotopic (exact) mass is 450 g/mol. The Morgan fingerprint density at radius 1 is 0.552 bits per heavy atom. The van der Waals surface area contributed by atoms with Gasteiger partial charge in [-0.2, -0.15) is 0 Å². The van der Waals surface area contributed by atoms with Crippen molar-refractivity contribution in [1.82, 2.24) is 0 Å². The highest BCUT2D eigenvalue weighted by Crippen LogP contribution is 2.38. The molecule has 0 aromatic heterocycles. The summed E-state index contributed by atoms with van der Waals surface area (Å²) < 4.78 is 41.9. The van der Waals surface area contributed by atoms with Crippen molar-refractivity contribution in [3.63, 3.8) is 0 Å². The first kappa shape index (κ1) is 28.5. The van der Waals surface area contributed by atoms with E-state index in [-0.39, 0.29) is 11.1 Å². The Labute approximate surface area is 180 Å². The molecule has 7 nitrogen and oxygen atoms in total. The van der Waals surface area contributed by atoms with E-state index in [1.807, 2.05) is 55.4 Å². The molecular formula is C20H42O7Si2. The van der Waals surface area contributed by atoms with Gasteiger partial charge in [0.25, 0.3) is 0 Å². The van der Waals surface area contributed by atoms with Gasteiger partial charge in [-0.1, -0.05) is 27.0 Å². The molecule has 2 unspecified atom stereocenters. The molecule has 29 heavy (non-hydrogen) atoms. The minimum Gasteiger partial charge on any atom is -0.467 e. The second-order valence-electron chi connectivity index (χ2n) is 6.28. The van der Waals surface area contributed by atoms with Gasteiger partial charge in [0.05, 0.1) is 11.1 Å². The Kier molecular flexibility index (Phi) is 14.2. The van der Waals surface area contributed by atoms with E-state index in [0.29, 0.717) is 51.2 Å². The number of ether oxygens (including phenoxy) is 1. The first-order chi connectivity index (χ1) is 13.7. The summed E-state index contributed by atoms with van der Waals surface area (Å²) in [7, 11) is -6.01. The molecule has 0 spiro atoms. The maximum Gasteiger partial charge on any atom is 0.511 e. The number of allylic oxidation sites excluding steroid dienone is 2. The fourth-order valence-electron chi connectivity index (χ4n) is 2.95. The Hall–Kier alpha value is -0.526. The summed E-state index contributed by atoms with van der Waals surface area (Å²) in [5, 5.41) is 0. The van der Waals surface area contributed by atoms with Gasteiger partial charge in [0, 0.05) is 39.6 Å². The van der Waals surface area contributed by atoms with Gasteiger partial charge in [-0.3, -0.25) is 0 Å². The van der Waals surface area contributed by atoms with Crippen LogP contribution < -0.4 is 0 Å². The van der Waals surface area contributed by atoms with Crippen LogP contribution in [0.25, 0.3) is 0 Å². The van der Waals surface area contributed by atoms with Gasteiger partial charge in [-0.05, 0) is 41.5 Å². The van der Waals surface area contributed by atoms with E-state index >= 15 is 0 Å². The van der Waals surface area contributed by atoms with Gasteiger partial charge in [0.1, 0.15) is 11.5 Å². The molecule has 0 saturated carbocycles. The third-order valence-electron chi connectivity index (χ3n) is 4.36. The lowest BCUT2D eigenvalue weighted by Crippen LogP contribution is -2.51. The molecule has 9 heteroatoms. The maximum atomic E-state index is 6.06. The molecule has 172 valence electrons. The SMILES string of the molecule is C=C(OC(=C)C(C)[Si](OCC)(OCC)OCC)C(C)[Si](OCC)(OCC)OCC. The fourth-order valence-corrected chi connectivity index (χ4v) is 8.27. The van der Waals surface area contributed by atoms with Crippen LogP contribution in [-0.4, -0.2) is 57.3 Å². The van der Waals surface area contributed by atoms with Crippen LogP contribution in [0.5, 0.6) is 0 Å². The predicted octanol–water partition coefficient (Wildman–Crippen LogP) is 4.91. The third-order valence-corrected chi connectivity index (χ3v) is 11.3. The van der Waals surface area contributed by atoms with E-state index in [0.717, 1.165) is 0 Å². The Balaban J connectivity index is 5.52. The average molecular weight is 451 g/mol. The number of rotatable bonds is 18. The molecule has 2 atom stereocenters. The highest BCUT2D eigenvalue weighted by atomic mass is 28.4. The van der Waals surface area contributed by atoms with Gasteiger partial charge in [-0.15, -0.1) is 0 Å². The van der Waals surface area contributed by atoms with Crippen LogP contribution in [0.4, 0.5) is 0 Å². The lowest BCUT2D eigenvalue weighted by atomic mass is 10.4. The van der Waals surface area contributed by atoms with E-state index in [1.165, 1.54) is 0 Å². The van der Waals surface area contributed by atoms with Crippen LogP contribution in [0.15, 0.2) is 24.7 Å². The molecule has 0 N–H and O–H groups in total. The van der Waals surface area contributed by atoms with Crippen molar-refractivity contribution in [2.45, 2.75) is 66.5 Å². The van der Waals surface area contributed by atoms with Crippen molar-refractivity contribution in [1.29, 1.82) is 0 Å². The maximum absolute atomic E-state index is 6.06. The van der Waals surface area contributed by atoms with Gasteiger partial charge >= 0.3 is 17.6 Å². The molecule has 0 radical (unpaired) electrons. The molecule has 0 aromatic carbocycles. The highest BCUT2D eigenvalue weighted by Gasteiger charge is 2.51. The van der Waals surface area contributed by atoms with Crippen LogP contribution >= 0.6 is 0 Å². The fraction of sp³-hybridized carbons (Fsp3) is 0.800. The molecule has 0 saturated heterocycles. The van der Waals surface area contributed by atoms with E-state index in [2.05, 4.69) is 13.2 Å². The van der Waals surface area contributed by atoms with Crippen molar-refractivity contribution < 1.29 is 31.3 Å². The third kappa shape index (κ3) is 7.91. The Morgan fingerprint density at radius 2 is 0.759 bits per heavy atom. The molecular weight excluding hydrogens is 408 g/mol. The summed E-state index contributed by atoms with van der Waals surface area (Å²) in [6, 6.07) is 0. The molecule has 0 fully saturated rings. The van der Waals surface area contributed by atoms with E-state index in [4.69, 9.17) is 31.3 Å². The quantitative estimate of drug-likeness (QED) is 0.217. The van der Waals surface area contributed by atoms with Crippen molar-refractivity contribution in [2.24, 2.45) is 0 Å². The number of hydrogen-bond donors (Lipinski definition) is 0. The van der Waals surface area contributed by atoms with Gasteiger partial charge in [0.2, 0.25) is 0 Å². The summed E-state index contributed by atoms with van der Waals surface area (Å²) in [5.41, 5.74) is -0.540. The summed E-state index contributed by atoms with van der Waals surface area (Å²) in [6.07, 6.45) is 0. The van der Waals surface area contributed by atoms with Crippen LogP contribution in [0.1, 0.15) is 55.4 Å². The van der Waals surface area contributed by atoms with E-state index < -0.39 is 17.6 Å². The van der Waals surface area contributed by atoms with Gasteiger partial charge in [-0.25, -0.2) is 0 Å². The Morgan fingerprint density at radius 3 is 0.931 bits per heavy atom. The first-order valence-electron chi connectivity index (χ1n) is 10.6. The smallest absolute Gasteiger partial charge is 0.467 e. The minimum absolute atomic E-state index is 0.270. The van der Waals surface area contributed by atoms with Crippen LogP contribution in [0.2, 0.25) is 11.1 Å². The molecule has 0 aliphatic carbocycles.